The zero-order chi connectivity index (χ0) is 9.56. The van der Waals surface area contributed by atoms with Crippen LogP contribution in [0.2, 0.25) is 0 Å². The molecule has 0 amide bonds. The molecule has 2 heteroatoms. The van der Waals surface area contributed by atoms with E-state index < -0.39 is 6.29 Å². The molecular weight excluding hydrogens is 152 g/mol. The first kappa shape index (κ1) is 11.4. The Morgan fingerprint density at radius 3 is 2.25 bits per heavy atom. The fraction of sp³-hybridized carbons (Fsp3) is 0.600. The molecule has 12 heavy (non-hydrogen) atoms. The predicted octanol–water partition coefficient (Wildman–Crippen LogP) is 1.99. The van der Waals surface area contributed by atoms with Gasteiger partial charge >= 0.3 is 0 Å². The van der Waals surface area contributed by atoms with Crippen molar-refractivity contribution in [3.8, 4) is 0 Å². The minimum absolute atomic E-state index is 0.688. The Balaban J connectivity index is 3.84. The van der Waals surface area contributed by atoms with Crippen LogP contribution in [0.5, 0.6) is 0 Å². The van der Waals surface area contributed by atoms with Crippen molar-refractivity contribution < 1.29 is 10.2 Å². The molecule has 0 saturated heterocycles. The average molecular weight is 170 g/mol. The molecule has 0 radical (unpaired) electrons. The van der Waals surface area contributed by atoms with Crippen LogP contribution in [-0.4, -0.2) is 16.5 Å². The van der Waals surface area contributed by atoms with Gasteiger partial charge in [0.1, 0.15) is 0 Å². The van der Waals surface area contributed by atoms with E-state index in [-0.39, 0.29) is 0 Å². The Kier molecular flexibility index (Phi) is 5.68. The smallest absolute Gasteiger partial charge is 0.174 e. The second-order valence-corrected chi connectivity index (χ2v) is 3.06. The maximum absolute atomic E-state index is 8.84. The first-order valence-corrected chi connectivity index (χ1v) is 4.22. The Morgan fingerprint density at radius 2 is 1.92 bits per heavy atom. The minimum Gasteiger partial charge on any atom is -0.365 e. The molecule has 0 aliphatic heterocycles. The molecular formula is C10H18O2. The van der Waals surface area contributed by atoms with Crippen LogP contribution in [0.15, 0.2) is 23.3 Å². The molecule has 0 atom stereocenters. The van der Waals surface area contributed by atoms with Gasteiger partial charge in [-0.05, 0) is 39.2 Å². The summed E-state index contributed by atoms with van der Waals surface area (Å²) in [6.45, 7) is 5.88. The number of rotatable bonds is 4. The molecule has 0 unspecified atom stereocenters. The largest absolute Gasteiger partial charge is 0.365 e. The van der Waals surface area contributed by atoms with E-state index >= 15 is 0 Å². The molecule has 0 spiro atoms. The Bertz CT molecular complexity index is 174. The summed E-state index contributed by atoms with van der Waals surface area (Å²) >= 11 is 0. The van der Waals surface area contributed by atoms with Crippen LogP contribution >= 0.6 is 0 Å². The molecule has 0 fully saturated rings. The van der Waals surface area contributed by atoms with Gasteiger partial charge in [0.15, 0.2) is 6.29 Å². The van der Waals surface area contributed by atoms with Gasteiger partial charge in [-0.3, -0.25) is 0 Å². The number of aliphatic hydroxyl groups excluding tert-OH is 1. The van der Waals surface area contributed by atoms with Crippen molar-refractivity contribution in [2.45, 2.75) is 39.9 Å². The van der Waals surface area contributed by atoms with Gasteiger partial charge in [-0.1, -0.05) is 17.7 Å². The van der Waals surface area contributed by atoms with Crippen LogP contribution in [0.4, 0.5) is 0 Å². The summed E-state index contributed by atoms with van der Waals surface area (Å²) in [4.78, 5) is 0. The van der Waals surface area contributed by atoms with Gasteiger partial charge in [0.25, 0.3) is 0 Å². The molecule has 2 nitrogen and oxygen atoms in total. The second-order valence-electron chi connectivity index (χ2n) is 3.06. The van der Waals surface area contributed by atoms with E-state index in [1.807, 2.05) is 20.8 Å². The van der Waals surface area contributed by atoms with Gasteiger partial charge in [-0.2, -0.15) is 0 Å². The number of aliphatic hydroxyl groups is 2. The maximum atomic E-state index is 8.84. The van der Waals surface area contributed by atoms with Gasteiger partial charge < -0.3 is 10.2 Å². The van der Waals surface area contributed by atoms with Crippen molar-refractivity contribution in [3.05, 3.63) is 23.3 Å². The molecule has 0 aromatic carbocycles. The van der Waals surface area contributed by atoms with Gasteiger partial charge in [0, 0.05) is 0 Å². The van der Waals surface area contributed by atoms with E-state index in [1.165, 1.54) is 5.57 Å². The quantitative estimate of drug-likeness (QED) is 0.500. The Labute approximate surface area is 74.2 Å². The lowest BCUT2D eigenvalue weighted by Gasteiger charge is -2.06. The van der Waals surface area contributed by atoms with Crippen molar-refractivity contribution in [2.24, 2.45) is 0 Å². The molecule has 0 bridgehead atoms. The summed E-state index contributed by atoms with van der Waals surface area (Å²) in [5, 5.41) is 17.7. The third kappa shape index (κ3) is 5.10. The molecule has 70 valence electrons. The van der Waals surface area contributed by atoms with E-state index in [4.69, 9.17) is 10.2 Å². The number of hydrogen-bond acceptors (Lipinski definition) is 2. The van der Waals surface area contributed by atoms with Gasteiger partial charge in [0.2, 0.25) is 0 Å². The van der Waals surface area contributed by atoms with Crippen molar-refractivity contribution in [1.29, 1.82) is 0 Å². The summed E-state index contributed by atoms with van der Waals surface area (Å²) in [6.07, 6.45) is 4.15. The third-order valence-electron chi connectivity index (χ3n) is 1.69. The summed E-state index contributed by atoms with van der Waals surface area (Å²) in [5.41, 5.74) is 1.95. The third-order valence-corrected chi connectivity index (χ3v) is 1.69. The molecule has 0 saturated carbocycles. The summed E-state index contributed by atoms with van der Waals surface area (Å²) < 4.78 is 0. The van der Waals surface area contributed by atoms with Crippen molar-refractivity contribution >= 4 is 0 Å². The average Bonchev–Trinajstić information content (AvgIpc) is 1.96. The summed E-state index contributed by atoms with van der Waals surface area (Å²) in [7, 11) is 0. The van der Waals surface area contributed by atoms with Gasteiger partial charge in [-0.15, -0.1) is 0 Å². The summed E-state index contributed by atoms with van der Waals surface area (Å²) in [5.74, 6) is 0. The van der Waals surface area contributed by atoms with E-state index in [0.29, 0.717) is 5.57 Å². The molecule has 0 aromatic rings. The monoisotopic (exact) mass is 170 g/mol. The zero-order valence-corrected chi connectivity index (χ0v) is 8.04. The van der Waals surface area contributed by atoms with Crippen LogP contribution in [0.25, 0.3) is 0 Å². The van der Waals surface area contributed by atoms with Crippen LogP contribution in [0, 0.1) is 0 Å². The molecule has 0 rings (SSSR count). The lowest BCUT2D eigenvalue weighted by Crippen LogP contribution is -2.07. The van der Waals surface area contributed by atoms with E-state index in [2.05, 4.69) is 6.08 Å². The van der Waals surface area contributed by atoms with Crippen LogP contribution in [-0.2, 0) is 0 Å². The number of hydrogen-bond donors (Lipinski definition) is 2. The normalized spacial score (nSPS) is 12.0. The highest BCUT2D eigenvalue weighted by Gasteiger charge is 2.03. The Morgan fingerprint density at radius 1 is 1.33 bits per heavy atom. The first-order chi connectivity index (χ1) is 5.57. The van der Waals surface area contributed by atoms with Crippen molar-refractivity contribution in [1.82, 2.24) is 0 Å². The van der Waals surface area contributed by atoms with E-state index in [1.54, 1.807) is 6.08 Å². The lowest BCUT2D eigenvalue weighted by molar-refractivity contribution is -0.0102. The molecule has 0 aliphatic rings. The molecule has 0 aromatic heterocycles. The molecule has 0 aliphatic carbocycles. The molecule has 2 N–H and O–H groups in total. The SMILES string of the molecule is CC=C(CCC=C(C)C)C(O)O. The van der Waals surface area contributed by atoms with E-state index in [0.717, 1.165) is 12.8 Å². The van der Waals surface area contributed by atoms with Crippen LogP contribution in [0.3, 0.4) is 0 Å². The van der Waals surface area contributed by atoms with Crippen molar-refractivity contribution in [3.63, 3.8) is 0 Å². The standard InChI is InChI=1S/C10H18O2/c1-4-9(10(11)12)7-5-6-8(2)3/h4,6,10-12H,5,7H2,1-3H3. The first-order valence-electron chi connectivity index (χ1n) is 4.22. The van der Waals surface area contributed by atoms with Gasteiger partial charge in [-0.25, -0.2) is 0 Å². The summed E-state index contributed by atoms with van der Waals surface area (Å²) in [6, 6.07) is 0. The van der Waals surface area contributed by atoms with Gasteiger partial charge in [0.05, 0.1) is 0 Å². The molecule has 0 heterocycles. The fourth-order valence-electron chi connectivity index (χ4n) is 0.950. The van der Waals surface area contributed by atoms with Crippen LogP contribution < -0.4 is 0 Å². The maximum Gasteiger partial charge on any atom is 0.174 e. The fourth-order valence-corrected chi connectivity index (χ4v) is 0.950. The highest BCUT2D eigenvalue weighted by Crippen LogP contribution is 2.09. The highest BCUT2D eigenvalue weighted by atomic mass is 16.5. The predicted molar refractivity (Wildman–Crippen MR) is 50.6 cm³/mol. The minimum atomic E-state index is -1.29. The second kappa shape index (κ2) is 5.98. The lowest BCUT2D eigenvalue weighted by atomic mass is 10.1. The topological polar surface area (TPSA) is 40.5 Å². The highest BCUT2D eigenvalue weighted by molar-refractivity contribution is 5.05. The van der Waals surface area contributed by atoms with Crippen LogP contribution in [0.1, 0.15) is 33.6 Å². The van der Waals surface area contributed by atoms with E-state index in [9.17, 15) is 0 Å². The zero-order valence-electron chi connectivity index (χ0n) is 8.04. The Hall–Kier alpha value is -0.600. The van der Waals surface area contributed by atoms with Crippen molar-refractivity contribution in [2.75, 3.05) is 0 Å². The number of allylic oxidation sites excluding steroid dienone is 3.